The molecule has 1 aromatic heterocycles. The minimum Gasteiger partial charge on any atom is -0.507 e. The van der Waals surface area contributed by atoms with Crippen LogP contribution in [0.3, 0.4) is 0 Å². The van der Waals surface area contributed by atoms with Crippen molar-refractivity contribution in [2.24, 2.45) is 4.99 Å². The molecule has 0 aliphatic rings. The Labute approximate surface area is 178 Å². The Morgan fingerprint density at radius 2 is 1.90 bits per heavy atom. The van der Waals surface area contributed by atoms with Gasteiger partial charge in [-0.05, 0) is 72.5 Å². The molecular formula is C24H21BrN2O2. The molecule has 0 spiro atoms. The number of hydrogen-bond acceptors (Lipinski definition) is 4. The number of aliphatic imine (C=N–C) groups is 1. The Balaban J connectivity index is 1.57. The fraction of sp³-hybridized carbons (Fsp3) is 0.167. The van der Waals surface area contributed by atoms with E-state index in [-0.39, 0.29) is 5.75 Å². The number of fused-ring (bicyclic) bond motifs is 1. The van der Waals surface area contributed by atoms with E-state index >= 15 is 0 Å². The van der Waals surface area contributed by atoms with Crippen LogP contribution in [0.15, 0.2) is 74.5 Å². The van der Waals surface area contributed by atoms with Gasteiger partial charge in [0.25, 0.3) is 0 Å². The summed E-state index contributed by atoms with van der Waals surface area (Å²) in [5, 5.41) is 9.91. The van der Waals surface area contributed by atoms with Gasteiger partial charge in [-0.3, -0.25) is 4.99 Å². The molecule has 1 heterocycles. The van der Waals surface area contributed by atoms with Gasteiger partial charge < -0.3 is 9.52 Å². The van der Waals surface area contributed by atoms with Crippen molar-refractivity contribution >= 4 is 38.9 Å². The quantitative estimate of drug-likeness (QED) is 0.327. The van der Waals surface area contributed by atoms with Crippen LogP contribution in [0.2, 0.25) is 0 Å². The number of phenols is 1. The van der Waals surface area contributed by atoms with Crippen LogP contribution in [-0.2, 0) is 0 Å². The zero-order valence-electron chi connectivity index (χ0n) is 16.3. The fourth-order valence-electron chi connectivity index (χ4n) is 3.07. The molecule has 29 heavy (non-hydrogen) atoms. The molecule has 5 heteroatoms. The van der Waals surface area contributed by atoms with Crippen LogP contribution in [-0.4, -0.2) is 16.3 Å². The van der Waals surface area contributed by atoms with E-state index in [1.54, 1.807) is 18.3 Å². The zero-order chi connectivity index (χ0) is 20.4. The largest absolute Gasteiger partial charge is 0.507 e. The van der Waals surface area contributed by atoms with Gasteiger partial charge in [-0.15, -0.1) is 0 Å². The van der Waals surface area contributed by atoms with Crippen LogP contribution in [0.25, 0.3) is 22.6 Å². The Hall–Kier alpha value is -2.92. The lowest BCUT2D eigenvalue weighted by atomic mass is 9.98. The summed E-state index contributed by atoms with van der Waals surface area (Å²) < 4.78 is 6.82. The van der Waals surface area contributed by atoms with Crippen LogP contribution in [0.5, 0.6) is 5.75 Å². The van der Waals surface area contributed by atoms with Crippen molar-refractivity contribution in [3.05, 3.63) is 76.3 Å². The van der Waals surface area contributed by atoms with Crippen molar-refractivity contribution in [2.45, 2.75) is 26.2 Å². The number of hydrogen-bond donors (Lipinski definition) is 1. The molecule has 0 bridgehead atoms. The lowest BCUT2D eigenvalue weighted by Gasteiger charge is -2.07. The number of aromatic hydroxyl groups is 1. The summed E-state index contributed by atoms with van der Waals surface area (Å²) in [5.74, 6) is 1.29. The predicted molar refractivity (Wildman–Crippen MR) is 121 cm³/mol. The summed E-state index contributed by atoms with van der Waals surface area (Å²) in [5.41, 5.74) is 5.28. The van der Waals surface area contributed by atoms with Gasteiger partial charge in [0.15, 0.2) is 5.58 Å². The molecule has 0 unspecified atom stereocenters. The van der Waals surface area contributed by atoms with Gasteiger partial charge in [-0.1, -0.05) is 35.8 Å². The number of benzene rings is 3. The highest BCUT2D eigenvalue weighted by molar-refractivity contribution is 9.10. The van der Waals surface area contributed by atoms with Gasteiger partial charge in [0.05, 0.1) is 5.69 Å². The molecule has 146 valence electrons. The van der Waals surface area contributed by atoms with Crippen molar-refractivity contribution < 1.29 is 9.52 Å². The normalized spacial score (nSPS) is 12.7. The third-order valence-corrected chi connectivity index (χ3v) is 5.54. The first-order valence-electron chi connectivity index (χ1n) is 9.57. The molecule has 0 fully saturated rings. The highest BCUT2D eigenvalue weighted by Crippen LogP contribution is 2.29. The van der Waals surface area contributed by atoms with Crippen LogP contribution >= 0.6 is 15.9 Å². The van der Waals surface area contributed by atoms with Gasteiger partial charge >= 0.3 is 0 Å². The SMILES string of the molecule is CC[C@H](C)c1ccc2oc(-c3ccc(N=Cc4cc(Br)ccc4O)cc3)nc2c1. The van der Waals surface area contributed by atoms with Crippen molar-refractivity contribution in [3.8, 4) is 17.2 Å². The van der Waals surface area contributed by atoms with E-state index in [2.05, 4.69) is 51.9 Å². The van der Waals surface area contributed by atoms with E-state index in [1.165, 1.54) is 5.56 Å². The second kappa shape index (κ2) is 8.21. The molecule has 4 nitrogen and oxygen atoms in total. The summed E-state index contributed by atoms with van der Waals surface area (Å²) in [6, 6.07) is 19.1. The molecule has 0 amide bonds. The molecule has 1 N–H and O–H groups in total. The number of oxazole rings is 1. The summed E-state index contributed by atoms with van der Waals surface area (Å²) in [6.45, 7) is 4.40. The highest BCUT2D eigenvalue weighted by Gasteiger charge is 2.11. The molecule has 0 aliphatic heterocycles. The van der Waals surface area contributed by atoms with Crippen LogP contribution in [0.1, 0.15) is 37.3 Å². The van der Waals surface area contributed by atoms with Crippen LogP contribution in [0, 0.1) is 0 Å². The number of halogens is 1. The topological polar surface area (TPSA) is 58.6 Å². The van der Waals surface area contributed by atoms with Crippen molar-refractivity contribution in [2.75, 3.05) is 0 Å². The molecule has 0 radical (unpaired) electrons. The second-order valence-corrected chi connectivity index (χ2v) is 7.98. The summed E-state index contributed by atoms with van der Waals surface area (Å²) in [6.07, 6.45) is 2.74. The van der Waals surface area contributed by atoms with Crippen LogP contribution < -0.4 is 0 Å². The highest BCUT2D eigenvalue weighted by atomic mass is 79.9. The average molecular weight is 449 g/mol. The first kappa shape index (κ1) is 19.4. The zero-order valence-corrected chi connectivity index (χ0v) is 17.8. The molecule has 3 aromatic carbocycles. The molecule has 0 saturated heterocycles. The summed E-state index contributed by atoms with van der Waals surface area (Å²) >= 11 is 3.40. The van der Waals surface area contributed by atoms with Gasteiger partial charge in [0, 0.05) is 21.8 Å². The van der Waals surface area contributed by atoms with Gasteiger partial charge in [-0.25, -0.2) is 4.98 Å². The predicted octanol–water partition coefficient (Wildman–Crippen LogP) is 7.23. The molecule has 0 saturated carbocycles. The van der Waals surface area contributed by atoms with E-state index in [1.807, 2.05) is 36.4 Å². The smallest absolute Gasteiger partial charge is 0.227 e. The Morgan fingerprint density at radius 3 is 2.66 bits per heavy atom. The third kappa shape index (κ3) is 4.25. The van der Waals surface area contributed by atoms with Crippen LogP contribution in [0.4, 0.5) is 5.69 Å². The Bertz CT molecular complexity index is 1180. The maximum absolute atomic E-state index is 9.91. The van der Waals surface area contributed by atoms with Crippen molar-refractivity contribution in [3.63, 3.8) is 0 Å². The van der Waals surface area contributed by atoms with E-state index in [0.717, 1.165) is 33.2 Å². The minimum absolute atomic E-state index is 0.191. The van der Waals surface area contributed by atoms with Gasteiger partial charge in [0.1, 0.15) is 11.3 Å². The maximum Gasteiger partial charge on any atom is 0.227 e. The summed E-state index contributed by atoms with van der Waals surface area (Å²) in [7, 11) is 0. The number of aromatic nitrogens is 1. The third-order valence-electron chi connectivity index (χ3n) is 5.05. The first-order chi connectivity index (χ1) is 14.0. The van der Waals surface area contributed by atoms with Crippen molar-refractivity contribution in [1.29, 1.82) is 0 Å². The molecule has 1 atom stereocenters. The van der Waals surface area contributed by atoms with Gasteiger partial charge in [0.2, 0.25) is 5.89 Å². The number of phenolic OH excluding ortho intramolecular Hbond substituents is 1. The van der Waals surface area contributed by atoms with Gasteiger partial charge in [-0.2, -0.15) is 0 Å². The van der Waals surface area contributed by atoms with E-state index in [0.29, 0.717) is 17.4 Å². The standard InChI is InChI=1S/C24H21BrN2O2/c1-3-15(2)17-6-11-23-21(13-17)27-24(29-23)16-4-8-20(9-5-16)26-14-18-12-19(25)7-10-22(18)28/h4-15,28H,3H2,1-2H3/t15-/m0/s1. The lowest BCUT2D eigenvalue weighted by molar-refractivity contribution is 0.474. The number of nitrogens with zero attached hydrogens (tertiary/aromatic N) is 2. The second-order valence-electron chi connectivity index (χ2n) is 7.06. The van der Waals surface area contributed by atoms with E-state index < -0.39 is 0 Å². The molecule has 0 aliphatic carbocycles. The molecule has 4 rings (SSSR count). The number of rotatable bonds is 5. The maximum atomic E-state index is 9.91. The Morgan fingerprint density at radius 1 is 1.10 bits per heavy atom. The van der Waals surface area contributed by atoms with E-state index in [4.69, 9.17) is 4.42 Å². The average Bonchev–Trinajstić information content (AvgIpc) is 3.17. The molecule has 4 aromatic rings. The summed E-state index contributed by atoms with van der Waals surface area (Å²) in [4.78, 5) is 9.10. The van der Waals surface area contributed by atoms with E-state index in [9.17, 15) is 5.11 Å². The van der Waals surface area contributed by atoms with Crippen molar-refractivity contribution in [1.82, 2.24) is 4.98 Å². The Kier molecular flexibility index (Phi) is 5.49. The first-order valence-corrected chi connectivity index (χ1v) is 10.4. The molecular weight excluding hydrogens is 428 g/mol. The fourth-order valence-corrected chi connectivity index (χ4v) is 3.45. The minimum atomic E-state index is 0.191. The monoisotopic (exact) mass is 448 g/mol. The lowest BCUT2D eigenvalue weighted by Crippen LogP contribution is -1.90.